The lowest BCUT2D eigenvalue weighted by atomic mass is 10.0. The predicted molar refractivity (Wildman–Crippen MR) is 187 cm³/mol. The summed E-state index contributed by atoms with van der Waals surface area (Å²) in [6.07, 6.45) is 3.40. The molecule has 0 spiro atoms. The lowest BCUT2D eigenvalue weighted by molar-refractivity contribution is 0.588. The monoisotopic (exact) mass is 670 g/mol. The van der Waals surface area contributed by atoms with Gasteiger partial charge in [0.1, 0.15) is 5.82 Å². The van der Waals surface area contributed by atoms with E-state index in [1.54, 1.807) is 42.7 Å². The molecule has 0 amide bonds. The molecule has 0 atom stereocenters. The number of halogens is 2. The molecule has 3 aromatic carbocycles. The number of aromatic nitrogens is 4. The van der Waals surface area contributed by atoms with Gasteiger partial charge in [-0.3, -0.25) is 4.68 Å². The van der Waals surface area contributed by atoms with Crippen molar-refractivity contribution in [3.63, 3.8) is 0 Å². The van der Waals surface area contributed by atoms with E-state index in [1.165, 1.54) is 21.8 Å². The van der Waals surface area contributed by atoms with Crippen molar-refractivity contribution in [1.82, 2.24) is 24.1 Å². The van der Waals surface area contributed by atoms with Crippen LogP contribution in [0.25, 0.3) is 33.3 Å². The molecule has 0 saturated carbocycles. The molecule has 0 bridgehead atoms. The topological polar surface area (TPSA) is 85.0 Å². The largest absolute Gasteiger partial charge is 0.369 e. The number of hydrogen-bond donors (Lipinski definition) is 1. The van der Waals surface area contributed by atoms with Crippen LogP contribution in [-0.2, 0) is 16.6 Å². The van der Waals surface area contributed by atoms with Gasteiger partial charge in [0, 0.05) is 72.0 Å². The lowest BCUT2D eigenvalue weighted by Gasteiger charge is -2.29. The average molecular weight is 671 g/mol. The summed E-state index contributed by atoms with van der Waals surface area (Å²) in [4.78, 5) is 7.32. The number of aryl methyl sites for hydroxylation is 2. The number of hydrogen-bond acceptors (Lipinski definition) is 6. The van der Waals surface area contributed by atoms with Crippen molar-refractivity contribution in [2.45, 2.75) is 32.2 Å². The molecule has 0 unspecified atom stereocenters. The summed E-state index contributed by atoms with van der Waals surface area (Å²) in [6.45, 7) is 10.0. The molecule has 242 valence electrons. The zero-order valence-corrected chi connectivity index (χ0v) is 28.1. The highest BCUT2D eigenvalue weighted by atomic mass is 35.5. The summed E-state index contributed by atoms with van der Waals surface area (Å²) in [7, 11) is -3.96. The number of piperazine rings is 1. The summed E-state index contributed by atoms with van der Waals surface area (Å²) < 4.78 is 45.2. The highest BCUT2D eigenvalue weighted by Gasteiger charge is 2.26. The smallest absolute Gasteiger partial charge is 0.269 e. The normalized spacial score (nSPS) is 13.6. The Bertz CT molecular complexity index is 2170. The molecular weight excluding hydrogens is 635 g/mol. The van der Waals surface area contributed by atoms with Crippen LogP contribution < -0.4 is 10.2 Å². The molecule has 6 aromatic rings. The van der Waals surface area contributed by atoms with Gasteiger partial charge in [0.2, 0.25) is 0 Å². The Hall–Kier alpha value is -4.51. The first-order valence-corrected chi connectivity index (χ1v) is 16.8. The van der Waals surface area contributed by atoms with Crippen LogP contribution in [0, 0.1) is 26.6 Å². The molecule has 11 heteroatoms. The van der Waals surface area contributed by atoms with Gasteiger partial charge in [-0.05, 0) is 74.4 Å². The van der Waals surface area contributed by atoms with Gasteiger partial charge in [-0.15, -0.1) is 12.4 Å². The third-order valence-electron chi connectivity index (χ3n) is 8.74. The van der Waals surface area contributed by atoms with E-state index in [4.69, 9.17) is 10.1 Å². The first-order valence-electron chi connectivity index (χ1n) is 15.4. The Kier molecular flexibility index (Phi) is 8.93. The summed E-state index contributed by atoms with van der Waals surface area (Å²) in [5, 5.41) is 8.89. The molecule has 1 aliphatic rings. The van der Waals surface area contributed by atoms with Crippen molar-refractivity contribution in [3.05, 3.63) is 120 Å². The maximum Gasteiger partial charge on any atom is 0.269 e. The average Bonchev–Trinajstić information content (AvgIpc) is 3.57. The summed E-state index contributed by atoms with van der Waals surface area (Å²) in [5.41, 5.74) is 8.28. The van der Waals surface area contributed by atoms with Gasteiger partial charge < -0.3 is 10.2 Å². The summed E-state index contributed by atoms with van der Waals surface area (Å²) >= 11 is 0. The van der Waals surface area contributed by atoms with Crippen LogP contribution >= 0.6 is 12.4 Å². The van der Waals surface area contributed by atoms with Gasteiger partial charge in [0.15, 0.2) is 5.65 Å². The number of fused-ring (bicyclic) bond motifs is 1. The van der Waals surface area contributed by atoms with Crippen molar-refractivity contribution in [2.24, 2.45) is 0 Å². The van der Waals surface area contributed by atoms with E-state index in [-0.39, 0.29) is 23.1 Å². The SMILES string of the molecule is Cc1ccc(S(=O)(=O)n2cc(-c3c(C)nn(Cc4cccc(F)c4)c3C)c3cc(-c4ccc(N5CCNCC5)cc4)cnc32)cc1.Cl. The van der Waals surface area contributed by atoms with Gasteiger partial charge in [-0.2, -0.15) is 5.10 Å². The van der Waals surface area contributed by atoms with Gasteiger partial charge in [0.05, 0.1) is 17.1 Å². The molecule has 0 radical (unpaired) electrons. The molecule has 1 N–H and O–H groups in total. The van der Waals surface area contributed by atoms with Crippen LogP contribution in [-0.4, -0.2) is 53.3 Å². The van der Waals surface area contributed by atoms with Crippen LogP contribution in [0.15, 0.2) is 96.2 Å². The van der Waals surface area contributed by atoms with Crippen LogP contribution in [0.2, 0.25) is 0 Å². The predicted octanol–water partition coefficient (Wildman–Crippen LogP) is 6.75. The van der Waals surface area contributed by atoms with E-state index in [2.05, 4.69) is 34.5 Å². The third-order valence-corrected chi connectivity index (χ3v) is 10.4. The van der Waals surface area contributed by atoms with Crippen molar-refractivity contribution >= 4 is 39.2 Å². The van der Waals surface area contributed by atoms with E-state index in [1.807, 2.05) is 37.6 Å². The number of benzene rings is 3. The molecule has 1 aliphatic heterocycles. The van der Waals surface area contributed by atoms with Crippen molar-refractivity contribution in [3.8, 4) is 22.3 Å². The number of pyridine rings is 1. The standard InChI is InChI=1S/C36H35FN6O2S.ClH/c1-24-7-13-32(14-8-24)46(44,45)43-23-34(35-25(2)40-42(26(35)3)22-27-5-4-6-30(37)19-27)33-20-29(21-39-36(33)43)28-9-11-31(12-10-28)41-17-15-38-16-18-41;/h4-14,19-21,23,38H,15-18,22H2,1-3H3;1H. The molecule has 3 aromatic heterocycles. The van der Waals surface area contributed by atoms with E-state index >= 15 is 0 Å². The van der Waals surface area contributed by atoms with Crippen LogP contribution in [0.1, 0.15) is 22.5 Å². The van der Waals surface area contributed by atoms with Crippen molar-refractivity contribution in [2.75, 3.05) is 31.1 Å². The zero-order valence-electron chi connectivity index (χ0n) is 26.4. The van der Waals surface area contributed by atoms with Crippen LogP contribution in [0.5, 0.6) is 0 Å². The zero-order chi connectivity index (χ0) is 32.0. The minimum absolute atomic E-state index is 0. The minimum Gasteiger partial charge on any atom is -0.369 e. The molecule has 0 aliphatic carbocycles. The van der Waals surface area contributed by atoms with E-state index in [9.17, 15) is 12.8 Å². The molecule has 47 heavy (non-hydrogen) atoms. The second-order valence-corrected chi connectivity index (χ2v) is 13.7. The Morgan fingerprint density at radius 2 is 1.62 bits per heavy atom. The van der Waals surface area contributed by atoms with Crippen molar-refractivity contribution in [1.29, 1.82) is 0 Å². The first kappa shape index (κ1) is 32.4. The number of nitrogens with one attached hydrogen (secondary N) is 1. The molecule has 8 nitrogen and oxygen atoms in total. The van der Waals surface area contributed by atoms with E-state index < -0.39 is 10.0 Å². The highest BCUT2D eigenvalue weighted by Crippen LogP contribution is 2.38. The fraction of sp³-hybridized carbons (Fsp3) is 0.222. The fourth-order valence-corrected chi connectivity index (χ4v) is 7.60. The molecule has 7 rings (SSSR count). The Labute approximate surface area is 280 Å². The summed E-state index contributed by atoms with van der Waals surface area (Å²) in [6, 6.07) is 23.8. The van der Waals surface area contributed by atoms with E-state index in [0.717, 1.165) is 70.9 Å². The quantitative estimate of drug-likeness (QED) is 0.202. The van der Waals surface area contributed by atoms with Gasteiger partial charge in [0.25, 0.3) is 10.0 Å². The fourth-order valence-electron chi connectivity index (χ4n) is 6.28. The van der Waals surface area contributed by atoms with Gasteiger partial charge in [-0.25, -0.2) is 21.8 Å². The maximum absolute atomic E-state index is 14.1. The summed E-state index contributed by atoms with van der Waals surface area (Å²) in [5.74, 6) is -0.303. The second kappa shape index (κ2) is 12.9. The lowest BCUT2D eigenvalue weighted by Crippen LogP contribution is -2.43. The van der Waals surface area contributed by atoms with Gasteiger partial charge in [-0.1, -0.05) is 42.0 Å². The number of nitrogens with zero attached hydrogens (tertiary/aromatic N) is 5. The molecule has 1 saturated heterocycles. The molecule has 1 fully saturated rings. The van der Waals surface area contributed by atoms with Crippen molar-refractivity contribution < 1.29 is 12.8 Å². The number of anilines is 1. The Morgan fingerprint density at radius 3 is 2.32 bits per heavy atom. The highest BCUT2D eigenvalue weighted by molar-refractivity contribution is 7.90. The van der Waals surface area contributed by atoms with E-state index in [0.29, 0.717) is 17.6 Å². The first-order chi connectivity index (χ1) is 22.2. The second-order valence-electron chi connectivity index (χ2n) is 11.9. The molecular formula is C36H36ClFN6O2S. The third kappa shape index (κ3) is 6.16. The van der Waals surface area contributed by atoms with Crippen LogP contribution in [0.3, 0.4) is 0 Å². The Morgan fingerprint density at radius 1 is 0.894 bits per heavy atom. The Balaban J connectivity index is 0.00000386. The molecule has 4 heterocycles. The van der Waals surface area contributed by atoms with Gasteiger partial charge >= 0.3 is 0 Å². The minimum atomic E-state index is -3.96. The van der Waals surface area contributed by atoms with Crippen LogP contribution in [0.4, 0.5) is 10.1 Å². The maximum atomic E-state index is 14.1. The number of rotatable bonds is 7.